The Bertz CT molecular complexity index is 4390. The monoisotopic (exact) mass is 1540 g/mol. The second-order valence-electron chi connectivity index (χ2n) is 32.6. The number of hydrogen-bond donors (Lipinski definition) is 10. The number of nitro benzene ring substituents is 1. The van der Waals surface area contributed by atoms with Gasteiger partial charge >= 0.3 is 12.2 Å². The van der Waals surface area contributed by atoms with Crippen LogP contribution in [-0.2, 0) is 76.7 Å². The first-order chi connectivity index (χ1) is 53.0. The normalized spacial score (nSPS) is 22.8. The largest absolute Gasteiger partial charge is 0.444 e. The van der Waals surface area contributed by atoms with E-state index in [-0.39, 0.29) is 102 Å². The van der Waals surface area contributed by atoms with Crippen molar-refractivity contribution in [1.82, 2.24) is 63.0 Å². The second kappa shape index (κ2) is 37.8. The molecule has 3 aliphatic rings. The van der Waals surface area contributed by atoms with Crippen molar-refractivity contribution in [3.8, 4) is 0 Å². The zero-order chi connectivity index (χ0) is 81.5. The molecule has 3 fully saturated rings. The summed E-state index contributed by atoms with van der Waals surface area (Å²) in [6, 6.07) is 17.8. The third-order valence-electron chi connectivity index (χ3n) is 20.2. The molecule has 112 heavy (non-hydrogen) atoms. The predicted octanol–water partition coefficient (Wildman–Crippen LogP) is 7.36. The maximum absolute atomic E-state index is 16.0. The van der Waals surface area contributed by atoms with Gasteiger partial charge in [-0.2, -0.15) is 0 Å². The summed E-state index contributed by atoms with van der Waals surface area (Å²) in [7, 11) is 0. The van der Waals surface area contributed by atoms with Crippen LogP contribution in [0.5, 0.6) is 0 Å². The van der Waals surface area contributed by atoms with Gasteiger partial charge in [-0.15, -0.1) is 0 Å². The minimum Gasteiger partial charge on any atom is -0.444 e. The molecule has 3 aliphatic heterocycles. The predicted molar refractivity (Wildman–Crippen MR) is 422 cm³/mol. The van der Waals surface area contributed by atoms with E-state index in [0.717, 1.165) is 32.3 Å². The van der Waals surface area contributed by atoms with E-state index in [1.54, 1.807) is 99.6 Å². The molecule has 6 aromatic carbocycles. The number of rotatable bonds is 19. The van der Waals surface area contributed by atoms with Crippen molar-refractivity contribution in [2.24, 2.45) is 17.8 Å². The molecule has 29 nitrogen and oxygen atoms in total. The van der Waals surface area contributed by atoms with Gasteiger partial charge < -0.3 is 72.4 Å². The Kier molecular flexibility index (Phi) is 28.7. The first-order valence-electron chi connectivity index (χ1n) is 38.9. The lowest BCUT2D eigenvalue weighted by Crippen LogP contribution is -2.62. The van der Waals surface area contributed by atoms with Crippen molar-refractivity contribution in [3.05, 3.63) is 136 Å². The second-order valence-corrected chi connectivity index (χ2v) is 32.6. The van der Waals surface area contributed by atoms with Crippen LogP contribution in [0.3, 0.4) is 0 Å². The van der Waals surface area contributed by atoms with Crippen LogP contribution < -0.4 is 53.2 Å². The van der Waals surface area contributed by atoms with Crippen LogP contribution in [-0.4, -0.2) is 184 Å². The highest BCUT2D eigenvalue weighted by molar-refractivity contribution is 6.23. The molecular formula is C83H109N13O16. The molecule has 0 unspecified atom stereocenters. The molecule has 10 N–H and O–H groups in total. The summed E-state index contributed by atoms with van der Waals surface area (Å²) in [6.07, 6.45) is -1.35. The molecule has 6 aromatic rings. The third-order valence-corrected chi connectivity index (χ3v) is 20.2. The molecule has 0 radical (unpaired) electrons. The van der Waals surface area contributed by atoms with Crippen LogP contribution in [0.15, 0.2) is 109 Å². The minimum absolute atomic E-state index is 0.00995. The zero-order valence-corrected chi connectivity index (χ0v) is 66.1. The number of carbonyl (C=O) groups excluding carboxylic acids is 12. The van der Waals surface area contributed by atoms with E-state index in [1.807, 2.05) is 68.4 Å². The summed E-state index contributed by atoms with van der Waals surface area (Å²) in [4.78, 5) is 193. The average Bonchev–Trinajstić information content (AvgIpc) is 0.920. The number of fused-ring (bicyclic) bond motifs is 2. The molecule has 0 bridgehead atoms. The van der Waals surface area contributed by atoms with Crippen molar-refractivity contribution in [3.63, 3.8) is 0 Å². The van der Waals surface area contributed by atoms with Gasteiger partial charge in [-0.05, 0) is 166 Å². The van der Waals surface area contributed by atoms with Gasteiger partial charge in [0.25, 0.3) is 5.69 Å². The fourth-order valence-corrected chi connectivity index (χ4v) is 14.7. The molecule has 3 saturated heterocycles. The van der Waals surface area contributed by atoms with Gasteiger partial charge in [0.2, 0.25) is 59.1 Å². The fraction of sp³-hybridized carbons (Fsp3) is 0.518. The van der Waals surface area contributed by atoms with Gasteiger partial charge in [0.15, 0.2) is 0 Å². The molecule has 29 heteroatoms. The Morgan fingerprint density at radius 1 is 0.464 bits per heavy atom. The maximum Gasteiger partial charge on any atom is 0.407 e. The SMILES string of the molecule is CC(C)C[C@@H]1NC(=O)[C@H](CCCNC(=O)OC(C)(C)C)NC(=O)[C@H](C(C)C)NC(=O)[C@@H]2CCCN2C(=O)[C@@H](Cc2ccc3ccc4cccc5ccc2c3c45)NC(=O)[C@H](Cc2ccc([N+](=O)[O-])cc2)NC(=O)[C@H](CCCNC(=O)OC(C)(C)C)NC(=O)[C@H](C(C)C)NC(=O)[C@@H]2CCCN2C(=O)[C@@H](Cc2ccccc2)NC1=O. The van der Waals surface area contributed by atoms with Gasteiger partial charge in [-0.3, -0.25) is 58.1 Å². The number of ether oxygens (including phenoxy) is 2. The number of amides is 12. The van der Waals surface area contributed by atoms with Crippen molar-refractivity contribution in [1.29, 1.82) is 0 Å². The number of alkyl carbamates (subject to hydrolysis) is 2. The standard InChI is InChI=1S/C83H109N13O16/c1-47(2)43-60-72(99)90-62(45-50-21-14-13-15-22-50)78(105)94-41-19-27-64(94)74(101)92-69(49(5)6)77(104)87-59(26-18-40-85-81(108)112-83(10,11)12)71(98)89-61(44-51-29-36-56(37-30-51)96(109)110)73(100)91-63(46-55-34-33-54-32-31-52-23-16-24-53-35-38-57(55)67(54)66(52)53)79(106)95-42-20-28-65(95)75(102)93-68(48(3)4)76(103)86-58(70(97)88-60)25-17-39-84-80(107)111-82(7,8)9/h13-16,21-24,29-38,47-49,58-65,68-69H,17-20,25-28,39-46H2,1-12H3,(H,84,107)(H,85,108)(H,86,103)(H,87,104)(H,88,97)(H,89,98)(H,90,99)(H,91,100)(H,92,101)(H,93,102)/t58-,59-,60-,61-,62+,63+,64-,65-,68-,69-/m0/s1. The topological polar surface area (TPSA) is 393 Å². The maximum atomic E-state index is 16.0. The van der Waals surface area contributed by atoms with Crippen molar-refractivity contribution < 1.29 is 71.9 Å². The lowest BCUT2D eigenvalue weighted by Gasteiger charge is -2.33. The first kappa shape index (κ1) is 85.0. The highest BCUT2D eigenvalue weighted by Gasteiger charge is 2.44. The Morgan fingerprint density at radius 3 is 1.35 bits per heavy atom. The van der Waals surface area contributed by atoms with Crippen molar-refractivity contribution in [2.45, 2.75) is 232 Å². The summed E-state index contributed by atoms with van der Waals surface area (Å²) in [6.45, 7) is 20.5. The number of nitrogens with zero attached hydrogens (tertiary/aromatic N) is 3. The van der Waals surface area contributed by atoms with Crippen LogP contribution in [0.4, 0.5) is 15.3 Å². The highest BCUT2D eigenvalue weighted by Crippen LogP contribution is 2.37. The van der Waals surface area contributed by atoms with Crippen LogP contribution in [0, 0.1) is 27.9 Å². The summed E-state index contributed by atoms with van der Waals surface area (Å²) >= 11 is 0. The number of hydrogen-bond acceptors (Lipinski definition) is 16. The first-order valence-corrected chi connectivity index (χ1v) is 38.9. The van der Waals surface area contributed by atoms with Crippen LogP contribution in [0.2, 0.25) is 0 Å². The molecule has 0 saturated carbocycles. The third kappa shape index (κ3) is 22.8. The van der Waals surface area contributed by atoms with E-state index in [1.165, 1.54) is 34.1 Å². The van der Waals surface area contributed by atoms with Gasteiger partial charge in [-0.1, -0.05) is 139 Å². The van der Waals surface area contributed by atoms with Gasteiger partial charge in [-0.25, -0.2) is 9.59 Å². The zero-order valence-electron chi connectivity index (χ0n) is 66.1. The number of carbonyl (C=O) groups is 12. The molecular weight excluding hydrogens is 1430 g/mol. The number of nitrogens with one attached hydrogen (secondary N) is 10. The summed E-state index contributed by atoms with van der Waals surface area (Å²) in [5.74, 6) is -9.47. The molecule has 0 aliphatic carbocycles. The van der Waals surface area contributed by atoms with Crippen LogP contribution in [0.25, 0.3) is 32.3 Å². The molecule has 0 spiro atoms. The summed E-state index contributed by atoms with van der Waals surface area (Å²) < 4.78 is 10.9. The quantitative estimate of drug-likeness (QED) is 0.0164. The Labute approximate surface area is 652 Å². The summed E-state index contributed by atoms with van der Waals surface area (Å²) in [5, 5.41) is 45.7. The van der Waals surface area contributed by atoms with Crippen LogP contribution >= 0.6 is 0 Å². The molecule has 3 heterocycles. The van der Waals surface area contributed by atoms with E-state index in [2.05, 4.69) is 53.2 Å². The van der Waals surface area contributed by atoms with E-state index in [4.69, 9.17) is 9.47 Å². The minimum atomic E-state index is -1.62. The fourth-order valence-electron chi connectivity index (χ4n) is 14.7. The van der Waals surface area contributed by atoms with E-state index in [0.29, 0.717) is 29.5 Å². The van der Waals surface area contributed by atoms with E-state index in [9.17, 15) is 24.5 Å². The van der Waals surface area contributed by atoms with E-state index >= 15 is 43.2 Å². The molecule has 9 rings (SSSR count). The van der Waals surface area contributed by atoms with Gasteiger partial charge in [0, 0.05) is 57.6 Å². The molecule has 10 atom stereocenters. The smallest absolute Gasteiger partial charge is 0.407 e. The summed E-state index contributed by atoms with van der Waals surface area (Å²) in [5.41, 5.74) is -0.387. The number of benzene rings is 6. The number of non-ortho nitro benzene ring substituents is 1. The Hall–Kier alpha value is -11.0. The van der Waals surface area contributed by atoms with Gasteiger partial charge in [0.1, 0.15) is 71.6 Å². The van der Waals surface area contributed by atoms with E-state index < -0.39 is 160 Å². The molecule has 602 valence electrons. The number of nitro groups is 1. The Morgan fingerprint density at radius 2 is 0.875 bits per heavy atom. The van der Waals surface area contributed by atoms with Gasteiger partial charge in [0.05, 0.1) is 4.92 Å². The average molecular weight is 1540 g/mol. The molecule has 0 aromatic heterocycles. The Balaban J connectivity index is 1.14. The highest BCUT2D eigenvalue weighted by atomic mass is 16.6. The van der Waals surface area contributed by atoms with Crippen LogP contribution in [0.1, 0.15) is 158 Å². The van der Waals surface area contributed by atoms with Crippen molar-refractivity contribution in [2.75, 3.05) is 26.2 Å². The lowest BCUT2D eigenvalue weighted by atomic mass is 9.90. The van der Waals surface area contributed by atoms with Crippen molar-refractivity contribution >= 4 is 109 Å². The molecule has 12 amide bonds. The lowest BCUT2D eigenvalue weighted by molar-refractivity contribution is -0.384.